The van der Waals surface area contributed by atoms with Crippen LogP contribution in [-0.4, -0.2) is 27.8 Å². The number of rotatable bonds is 6. The first-order valence-electron chi connectivity index (χ1n) is 9.08. The van der Waals surface area contributed by atoms with Gasteiger partial charge in [-0.2, -0.15) is 0 Å². The number of nitro groups is 1. The SMILES string of the molecule is Cc1ccc2nc(NC(=O)C(NC(=O)c3cc([N+](=O)[O-])ccc3Cl)C(C)C)sc2c1. The summed E-state index contributed by atoms with van der Waals surface area (Å²) in [5, 5.41) is 16.8. The zero-order valence-corrected chi connectivity index (χ0v) is 18.0. The molecular weight excluding hydrogens is 428 g/mol. The number of nitrogens with one attached hydrogen (secondary N) is 2. The van der Waals surface area contributed by atoms with E-state index >= 15 is 0 Å². The Hall–Kier alpha value is -3.04. The molecule has 30 heavy (non-hydrogen) atoms. The second kappa shape index (κ2) is 8.76. The number of fused-ring (bicyclic) bond motifs is 1. The molecule has 10 heteroatoms. The summed E-state index contributed by atoms with van der Waals surface area (Å²) in [4.78, 5) is 40.3. The minimum Gasteiger partial charge on any atom is -0.340 e. The van der Waals surface area contributed by atoms with E-state index in [1.54, 1.807) is 13.8 Å². The fourth-order valence-electron chi connectivity index (χ4n) is 2.82. The number of nitro benzene ring substituents is 1. The zero-order chi connectivity index (χ0) is 22.0. The van der Waals surface area contributed by atoms with Gasteiger partial charge in [-0.15, -0.1) is 0 Å². The van der Waals surface area contributed by atoms with Crippen molar-refractivity contribution in [3.05, 3.63) is 62.7 Å². The van der Waals surface area contributed by atoms with Gasteiger partial charge in [-0.05, 0) is 36.6 Å². The summed E-state index contributed by atoms with van der Waals surface area (Å²) in [7, 11) is 0. The number of amides is 2. The largest absolute Gasteiger partial charge is 0.340 e. The number of halogens is 1. The molecule has 0 aliphatic carbocycles. The lowest BCUT2D eigenvalue weighted by atomic mass is 10.0. The molecule has 0 aliphatic heterocycles. The molecule has 156 valence electrons. The van der Waals surface area contributed by atoms with Crippen LogP contribution in [0.5, 0.6) is 0 Å². The van der Waals surface area contributed by atoms with Crippen LogP contribution in [0.2, 0.25) is 5.02 Å². The third-order valence-corrected chi connectivity index (χ3v) is 5.68. The van der Waals surface area contributed by atoms with E-state index in [1.807, 2.05) is 25.1 Å². The number of hydrogen-bond donors (Lipinski definition) is 2. The number of non-ortho nitro benzene ring substituents is 1. The van der Waals surface area contributed by atoms with Gasteiger partial charge < -0.3 is 10.6 Å². The highest BCUT2D eigenvalue weighted by Gasteiger charge is 2.27. The van der Waals surface area contributed by atoms with E-state index in [2.05, 4.69) is 15.6 Å². The molecule has 0 saturated carbocycles. The van der Waals surface area contributed by atoms with E-state index < -0.39 is 22.8 Å². The second-order valence-electron chi connectivity index (χ2n) is 7.10. The molecule has 2 amide bonds. The molecular formula is C20H19ClN4O4S. The lowest BCUT2D eigenvalue weighted by Gasteiger charge is -2.21. The Morgan fingerprint density at radius 2 is 1.93 bits per heavy atom. The number of aryl methyl sites for hydroxylation is 1. The normalized spacial score (nSPS) is 12.0. The van der Waals surface area contributed by atoms with Crippen LogP contribution in [0.1, 0.15) is 29.8 Å². The Kier molecular flexibility index (Phi) is 6.33. The monoisotopic (exact) mass is 446 g/mol. The molecule has 0 fully saturated rings. The van der Waals surface area contributed by atoms with Gasteiger partial charge in [0, 0.05) is 12.1 Å². The maximum absolute atomic E-state index is 12.8. The van der Waals surface area contributed by atoms with Gasteiger partial charge in [0.05, 0.1) is 25.7 Å². The van der Waals surface area contributed by atoms with Crippen molar-refractivity contribution in [3.63, 3.8) is 0 Å². The second-order valence-corrected chi connectivity index (χ2v) is 8.53. The molecule has 1 aromatic heterocycles. The third kappa shape index (κ3) is 4.74. The van der Waals surface area contributed by atoms with E-state index in [0.29, 0.717) is 5.13 Å². The summed E-state index contributed by atoms with van der Waals surface area (Å²) in [6, 6.07) is 8.48. The van der Waals surface area contributed by atoms with E-state index in [4.69, 9.17) is 11.6 Å². The van der Waals surface area contributed by atoms with Crippen molar-refractivity contribution in [2.45, 2.75) is 26.8 Å². The average molecular weight is 447 g/mol. The minimum absolute atomic E-state index is 0.0579. The van der Waals surface area contributed by atoms with Gasteiger partial charge in [0.25, 0.3) is 11.6 Å². The molecule has 0 bridgehead atoms. The Morgan fingerprint density at radius 3 is 2.60 bits per heavy atom. The fourth-order valence-corrected chi connectivity index (χ4v) is 3.99. The predicted molar refractivity (Wildman–Crippen MR) is 117 cm³/mol. The van der Waals surface area contributed by atoms with Crippen molar-refractivity contribution in [2.24, 2.45) is 5.92 Å². The number of benzene rings is 2. The number of carbonyl (C=O) groups excluding carboxylic acids is 2. The topological polar surface area (TPSA) is 114 Å². The van der Waals surface area contributed by atoms with Crippen LogP contribution in [0.4, 0.5) is 10.8 Å². The van der Waals surface area contributed by atoms with Crippen LogP contribution in [-0.2, 0) is 4.79 Å². The third-order valence-electron chi connectivity index (χ3n) is 4.42. The first-order valence-corrected chi connectivity index (χ1v) is 10.3. The van der Waals surface area contributed by atoms with Crippen LogP contribution < -0.4 is 10.6 Å². The van der Waals surface area contributed by atoms with Gasteiger partial charge >= 0.3 is 0 Å². The first-order chi connectivity index (χ1) is 14.2. The summed E-state index contributed by atoms with van der Waals surface area (Å²) >= 11 is 7.37. The molecule has 0 radical (unpaired) electrons. The zero-order valence-electron chi connectivity index (χ0n) is 16.4. The number of thiazole rings is 1. The van der Waals surface area contributed by atoms with Gasteiger partial charge in [0.15, 0.2) is 5.13 Å². The van der Waals surface area contributed by atoms with Gasteiger partial charge in [0.2, 0.25) is 5.91 Å². The predicted octanol–water partition coefficient (Wildman–Crippen LogP) is 4.56. The van der Waals surface area contributed by atoms with Crippen molar-refractivity contribution in [1.82, 2.24) is 10.3 Å². The summed E-state index contributed by atoms with van der Waals surface area (Å²) in [5.41, 5.74) is 1.53. The number of aromatic nitrogens is 1. The van der Waals surface area contributed by atoms with Crippen molar-refractivity contribution >= 4 is 55.8 Å². The summed E-state index contributed by atoms with van der Waals surface area (Å²) in [6.07, 6.45) is 0. The standard InChI is InChI=1S/C20H19ClN4O4S/c1-10(2)17(23-18(26)13-9-12(25(28)29)5-6-14(13)21)19(27)24-20-22-15-7-4-11(3)8-16(15)30-20/h4-10,17H,1-3H3,(H,23,26)(H,22,24,27). The Labute approximate surface area is 181 Å². The molecule has 2 aromatic carbocycles. The van der Waals surface area contributed by atoms with Gasteiger partial charge in [0.1, 0.15) is 6.04 Å². The van der Waals surface area contributed by atoms with Crippen LogP contribution in [0.25, 0.3) is 10.2 Å². The van der Waals surface area contributed by atoms with Gasteiger partial charge in [-0.25, -0.2) is 4.98 Å². The molecule has 8 nitrogen and oxygen atoms in total. The summed E-state index contributed by atoms with van der Waals surface area (Å²) < 4.78 is 0.943. The lowest BCUT2D eigenvalue weighted by Crippen LogP contribution is -2.47. The summed E-state index contributed by atoms with van der Waals surface area (Å²) in [6.45, 7) is 5.53. The number of nitrogens with zero attached hydrogens (tertiary/aromatic N) is 2. The van der Waals surface area contributed by atoms with E-state index in [1.165, 1.54) is 23.5 Å². The van der Waals surface area contributed by atoms with Gasteiger partial charge in [-0.3, -0.25) is 19.7 Å². The van der Waals surface area contributed by atoms with E-state index in [-0.39, 0.29) is 22.2 Å². The fraction of sp³-hybridized carbons (Fsp3) is 0.250. The Bertz CT molecular complexity index is 1150. The van der Waals surface area contributed by atoms with Gasteiger partial charge in [-0.1, -0.05) is 42.9 Å². The van der Waals surface area contributed by atoms with Crippen molar-refractivity contribution in [3.8, 4) is 0 Å². The first kappa shape index (κ1) is 21.7. The highest BCUT2D eigenvalue weighted by molar-refractivity contribution is 7.22. The molecule has 0 spiro atoms. The highest BCUT2D eigenvalue weighted by Crippen LogP contribution is 2.27. The Morgan fingerprint density at radius 1 is 1.20 bits per heavy atom. The minimum atomic E-state index is -0.887. The van der Waals surface area contributed by atoms with Crippen LogP contribution in [0, 0.1) is 23.0 Å². The quantitative estimate of drug-likeness (QED) is 0.425. The number of carbonyl (C=O) groups is 2. The molecule has 1 atom stereocenters. The molecule has 3 aromatic rings. The number of hydrogen-bond acceptors (Lipinski definition) is 6. The van der Waals surface area contributed by atoms with E-state index in [0.717, 1.165) is 21.8 Å². The molecule has 0 aliphatic rings. The smallest absolute Gasteiger partial charge is 0.270 e. The van der Waals surface area contributed by atoms with Crippen LogP contribution in [0.3, 0.4) is 0 Å². The molecule has 1 heterocycles. The Balaban J connectivity index is 1.79. The molecule has 1 unspecified atom stereocenters. The van der Waals surface area contributed by atoms with E-state index in [9.17, 15) is 19.7 Å². The number of anilines is 1. The van der Waals surface area contributed by atoms with Crippen molar-refractivity contribution < 1.29 is 14.5 Å². The lowest BCUT2D eigenvalue weighted by molar-refractivity contribution is -0.384. The van der Waals surface area contributed by atoms with Crippen molar-refractivity contribution in [1.29, 1.82) is 0 Å². The average Bonchev–Trinajstić information content (AvgIpc) is 3.06. The molecule has 0 saturated heterocycles. The summed E-state index contributed by atoms with van der Waals surface area (Å²) in [5.74, 6) is -1.35. The van der Waals surface area contributed by atoms with Crippen LogP contribution in [0.15, 0.2) is 36.4 Å². The molecule has 3 rings (SSSR count). The van der Waals surface area contributed by atoms with Crippen LogP contribution >= 0.6 is 22.9 Å². The highest BCUT2D eigenvalue weighted by atomic mass is 35.5. The molecule has 2 N–H and O–H groups in total. The maximum atomic E-state index is 12.8. The van der Waals surface area contributed by atoms with Crippen molar-refractivity contribution in [2.75, 3.05) is 5.32 Å². The maximum Gasteiger partial charge on any atom is 0.270 e.